The predicted molar refractivity (Wildman–Crippen MR) is 130 cm³/mol. The van der Waals surface area contributed by atoms with Crippen molar-refractivity contribution in [3.63, 3.8) is 0 Å². The third kappa shape index (κ3) is 5.46. The number of likely N-dealkylation sites (N-methyl/N-ethyl adjacent to an activating group) is 1. The molecule has 8 heteroatoms. The van der Waals surface area contributed by atoms with Crippen LogP contribution in [-0.2, 0) is 22.5 Å². The molecule has 0 atom stereocenters. The molecule has 0 radical (unpaired) electrons. The average Bonchev–Trinajstić information content (AvgIpc) is 3.32. The average molecular weight is 468 g/mol. The van der Waals surface area contributed by atoms with Gasteiger partial charge in [0.15, 0.2) is 11.5 Å². The number of hydrogen-bond donors (Lipinski definition) is 0. The van der Waals surface area contributed by atoms with Crippen LogP contribution in [0, 0.1) is 0 Å². The zero-order valence-corrected chi connectivity index (χ0v) is 20.1. The van der Waals surface area contributed by atoms with Gasteiger partial charge < -0.3 is 24.0 Å². The van der Waals surface area contributed by atoms with E-state index in [2.05, 4.69) is 22.0 Å². The van der Waals surface area contributed by atoms with Crippen LogP contribution in [0.4, 0.5) is 5.69 Å². The number of para-hydroxylation sites is 1. The lowest BCUT2D eigenvalue weighted by Gasteiger charge is -2.31. The van der Waals surface area contributed by atoms with E-state index in [0.29, 0.717) is 18.0 Å². The van der Waals surface area contributed by atoms with Crippen LogP contribution in [0.5, 0.6) is 11.5 Å². The van der Waals surface area contributed by atoms with E-state index in [0.717, 1.165) is 48.1 Å². The van der Waals surface area contributed by atoms with Crippen molar-refractivity contribution in [2.45, 2.75) is 13.0 Å². The van der Waals surface area contributed by atoms with Gasteiger partial charge in [0.1, 0.15) is 5.01 Å². The number of anilines is 1. The third-order valence-electron chi connectivity index (χ3n) is 5.69. The van der Waals surface area contributed by atoms with Crippen LogP contribution >= 0.6 is 11.3 Å². The fourth-order valence-electron chi connectivity index (χ4n) is 3.88. The van der Waals surface area contributed by atoms with Gasteiger partial charge in [0.2, 0.25) is 5.91 Å². The minimum absolute atomic E-state index is 0.0379. The molecule has 2 heterocycles. The van der Waals surface area contributed by atoms with E-state index in [1.807, 2.05) is 42.8 Å². The molecular formula is C25H29N3O4S. The Morgan fingerprint density at radius 1 is 1.12 bits per heavy atom. The summed E-state index contributed by atoms with van der Waals surface area (Å²) in [4.78, 5) is 21.7. The largest absolute Gasteiger partial charge is 0.493 e. The van der Waals surface area contributed by atoms with Crippen LogP contribution < -0.4 is 14.4 Å². The van der Waals surface area contributed by atoms with E-state index < -0.39 is 0 Å². The molecule has 4 rings (SSSR count). The lowest BCUT2D eigenvalue weighted by atomic mass is 10.1. The maximum absolute atomic E-state index is 13.0. The summed E-state index contributed by atoms with van der Waals surface area (Å²) >= 11 is 1.52. The molecule has 1 amide bonds. The second kappa shape index (κ2) is 10.7. The molecule has 0 unspecified atom stereocenters. The number of amides is 1. The number of rotatable bonds is 8. The molecule has 1 saturated heterocycles. The minimum Gasteiger partial charge on any atom is -0.493 e. The number of carbonyl (C=O) groups excluding carboxylic acids is 1. The number of nitrogens with zero attached hydrogens (tertiary/aromatic N) is 3. The Balaban J connectivity index is 1.42. The summed E-state index contributed by atoms with van der Waals surface area (Å²) in [5.74, 6) is 1.37. The molecule has 0 spiro atoms. The summed E-state index contributed by atoms with van der Waals surface area (Å²) in [6.45, 7) is 3.75. The van der Waals surface area contributed by atoms with Gasteiger partial charge in [-0.15, -0.1) is 11.3 Å². The van der Waals surface area contributed by atoms with Crippen molar-refractivity contribution in [3.8, 4) is 22.1 Å². The summed E-state index contributed by atoms with van der Waals surface area (Å²) in [5, 5.41) is 2.79. The highest BCUT2D eigenvalue weighted by Gasteiger charge is 2.18. The Bertz CT molecular complexity index is 1090. The zero-order chi connectivity index (χ0) is 23.2. The van der Waals surface area contributed by atoms with Crippen molar-refractivity contribution in [2.75, 3.05) is 52.5 Å². The quantitative estimate of drug-likeness (QED) is 0.501. The van der Waals surface area contributed by atoms with Crippen LogP contribution in [0.15, 0.2) is 47.8 Å². The second-order valence-electron chi connectivity index (χ2n) is 7.87. The van der Waals surface area contributed by atoms with Crippen LogP contribution in [0.25, 0.3) is 10.6 Å². The molecule has 174 valence electrons. The lowest BCUT2D eigenvalue weighted by Crippen LogP contribution is -2.37. The van der Waals surface area contributed by atoms with Crippen molar-refractivity contribution < 1.29 is 19.0 Å². The number of benzene rings is 2. The number of ether oxygens (including phenoxy) is 3. The lowest BCUT2D eigenvalue weighted by molar-refractivity contribution is -0.129. The number of thiazole rings is 1. The maximum Gasteiger partial charge on any atom is 0.228 e. The SMILES string of the molecule is COc1ccc(-c2nc(CC(=O)N(C)Cc3ccccc3N3CCOCC3)cs2)cc1OC. The number of morpholine rings is 1. The molecule has 0 N–H and O–H groups in total. The van der Waals surface area contributed by atoms with Crippen molar-refractivity contribution in [3.05, 3.63) is 59.1 Å². The first-order valence-electron chi connectivity index (χ1n) is 10.9. The fraction of sp³-hybridized carbons (Fsp3) is 0.360. The summed E-state index contributed by atoms with van der Waals surface area (Å²) < 4.78 is 16.2. The first-order chi connectivity index (χ1) is 16.1. The Kier molecular flexibility index (Phi) is 7.47. The minimum atomic E-state index is 0.0379. The van der Waals surface area contributed by atoms with Gasteiger partial charge in [-0.05, 0) is 29.8 Å². The summed E-state index contributed by atoms with van der Waals surface area (Å²) in [7, 11) is 5.07. The number of methoxy groups -OCH3 is 2. The monoisotopic (exact) mass is 467 g/mol. The van der Waals surface area contributed by atoms with Gasteiger partial charge in [0.05, 0.1) is 39.5 Å². The Morgan fingerprint density at radius 3 is 2.64 bits per heavy atom. The second-order valence-corrected chi connectivity index (χ2v) is 8.73. The van der Waals surface area contributed by atoms with Crippen LogP contribution in [0.2, 0.25) is 0 Å². The highest BCUT2D eigenvalue weighted by Crippen LogP contribution is 2.33. The predicted octanol–water partition coefficient (Wildman–Crippen LogP) is 3.87. The normalized spacial score (nSPS) is 13.6. The molecule has 0 saturated carbocycles. The molecule has 0 bridgehead atoms. The maximum atomic E-state index is 13.0. The van der Waals surface area contributed by atoms with Crippen LogP contribution in [0.3, 0.4) is 0 Å². The molecule has 1 aromatic heterocycles. The summed E-state index contributed by atoms with van der Waals surface area (Å²) in [6, 6.07) is 14.0. The van der Waals surface area contributed by atoms with Crippen molar-refractivity contribution in [1.82, 2.24) is 9.88 Å². The van der Waals surface area contributed by atoms with Gasteiger partial charge in [-0.1, -0.05) is 18.2 Å². The number of hydrogen-bond acceptors (Lipinski definition) is 7. The van der Waals surface area contributed by atoms with E-state index in [1.165, 1.54) is 17.0 Å². The Labute approximate surface area is 198 Å². The zero-order valence-electron chi connectivity index (χ0n) is 19.2. The van der Waals surface area contributed by atoms with Gasteiger partial charge in [-0.25, -0.2) is 4.98 Å². The third-order valence-corrected chi connectivity index (χ3v) is 6.63. The van der Waals surface area contributed by atoms with Crippen LogP contribution in [0.1, 0.15) is 11.3 Å². The Morgan fingerprint density at radius 2 is 1.88 bits per heavy atom. The fourth-order valence-corrected chi connectivity index (χ4v) is 4.70. The van der Waals surface area contributed by atoms with E-state index in [9.17, 15) is 4.79 Å². The first kappa shape index (κ1) is 23.1. The van der Waals surface area contributed by atoms with Gasteiger partial charge in [-0.3, -0.25) is 4.79 Å². The molecular weight excluding hydrogens is 438 g/mol. The molecule has 2 aromatic carbocycles. The molecule has 1 fully saturated rings. The smallest absolute Gasteiger partial charge is 0.228 e. The Hall–Kier alpha value is -3.10. The van der Waals surface area contributed by atoms with E-state index in [4.69, 9.17) is 14.2 Å². The highest BCUT2D eigenvalue weighted by atomic mass is 32.1. The van der Waals surface area contributed by atoms with E-state index >= 15 is 0 Å². The molecule has 1 aliphatic heterocycles. The summed E-state index contributed by atoms with van der Waals surface area (Å²) in [5.41, 5.74) is 4.01. The van der Waals surface area contributed by atoms with Crippen molar-refractivity contribution in [2.24, 2.45) is 0 Å². The standard InChI is InChI=1S/C25H29N3O4S/c1-27(16-19-6-4-5-7-21(19)28-10-12-32-13-11-28)24(29)15-20-17-33-25(26-20)18-8-9-22(30-2)23(14-18)31-3/h4-9,14,17H,10-13,15-16H2,1-3H3. The first-order valence-corrected chi connectivity index (χ1v) is 11.8. The molecule has 0 aliphatic carbocycles. The van der Waals surface area contributed by atoms with Crippen molar-refractivity contribution in [1.29, 1.82) is 0 Å². The molecule has 1 aliphatic rings. The van der Waals surface area contributed by atoms with Gasteiger partial charge in [0.25, 0.3) is 0 Å². The van der Waals surface area contributed by atoms with Gasteiger partial charge in [0, 0.05) is 43.3 Å². The van der Waals surface area contributed by atoms with Crippen molar-refractivity contribution >= 4 is 22.9 Å². The van der Waals surface area contributed by atoms with Gasteiger partial charge in [-0.2, -0.15) is 0 Å². The number of carbonyl (C=O) groups is 1. The topological polar surface area (TPSA) is 64.1 Å². The van der Waals surface area contributed by atoms with Crippen LogP contribution in [-0.4, -0.2) is 63.4 Å². The molecule has 3 aromatic rings. The highest BCUT2D eigenvalue weighted by molar-refractivity contribution is 7.13. The van der Waals surface area contributed by atoms with E-state index in [1.54, 1.807) is 19.1 Å². The van der Waals surface area contributed by atoms with Gasteiger partial charge >= 0.3 is 0 Å². The number of aromatic nitrogens is 1. The molecule has 7 nitrogen and oxygen atoms in total. The van der Waals surface area contributed by atoms with E-state index in [-0.39, 0.29) is 12.3 Å². The summed E-state index contributed by atoms with van der Waals surface area (Å²) in [6.07, 6.45) is 0.264. The molecule has 33 heavy (non-hydrogen) atoms.